The van der Waals surface area contributed by atoms with Gasteiger partial charge in [0.1, 0.15) is 0 Å². The number of carbonyl (C=O) groups is 1. The molecule has 0 fully saturated rings. The van der Waals surface area contributed by atoms with Crippen molar-refractivity contribution in [3.8, 4) is 0 Å². The van der Waals surface area contributed by atoms with Crippen LogP contribution in [0.25, 0.3) is 0 Å². The van der Waals surface area contributed by atoms with E-state index in [1.54, 1.807) is 0 Å². The van der Waals surface area contributed by atoms with Crippen molar-refractivity contribution in [2.75, 3.05) is 6.26 Å². The van der Waals surface area contributed by atoms with E-state index in [9.17, 15) is 13.2 Å². The summed E-state index contributed by atoms with van der Waals surface area (Å²) in [5.74, 6) is -1.25. The van der Waals surface area contributed by atoms with E-state index in [1.807, 2.05) is 31.2 Å². The fraction of sp³-hybridized carbons (Fsp3) is 0.231. The first kappa shape index (κ1) is 14.3. The minimum Gasteiger partial charge on any atom is -0.476 e. The molecule has 0 aliphatic heterocycles. The van der Waals surface area contributed by atoms with Gasteiger partial charge < -0.3 is 10.1 Å². The molecule has 6 nitrogen and oxygen atoms in total. The van der Waals surface area contributed by atoms with Gasteiger partial charge in [-0.25, -0.2) is 18.2 Å². The molecule has 0 bridgehead atoms. The molecular formula is C13H14N2O4S. The number of hydrogen-bond acceptors (Lipinski definition) is 4. The third-order valence-corrected chi connectivity index (χ3v) is 3.67. The molecule has 0 spiro atoms. The van der Waals surface area contributed by atoms with Crippen LogP contribution in [0.3, 0.4) is 0 Å². The Bertz CT molecular complexity index is 762. The Balaban J connectivity index is 2.45. The highest BCUT2D eigenvalue weighted by molar-refractivity contribution is 7.90. The molecule has 0 radical (unpaired) electrons. The number of aryl methyl sites for hydroxylation is 1. The second-order valence-electron chi connectivity index (χ2n) is 4.61. The lowest BCUT2D eigenvalue weighted by molar-refractivity contribution is 0.0689. The third kappa shape index (κ3) is 3.05. The van der Waals surface area contributed by atoms with Gasteiger partial charge in [0.15, 0.2) is 5.69 Å². The van der Waals surface area contributed by atoms with Crippen LogP contribution in [0.2, 0.25) is 0 Å². The van der Waals surface area contributed by atoms with Gasteiger partial charge >= 0.3 is 5.97 Å². The van der Waals surface area contributed by atoms with Crippen molar-refractivity contribution in [2.45, 2.75) is 18.5 Å². The maximum Gasteiger partial charge on any atom is 0.356 e. The number of carboxylic acids is 1. The van der Waals surface area contributed by atoms with E-state index in [1.165, 1.54) is 0 Å². The van der Waals surface area contributed by atoms with E-state index in [2.05, 4.69) is 9.97 Å². The number of hydrogen-bond donors (Lipinski definition) is 2. The maximum absolute atomic E-state index is 11.4. The Kier molecular flexibility index (Phi) is 3.63. The average molecular weight is 294 g/mol. The fourth-order valence-corrected chi connectivity index (χ4v) is 2.46. The third-order valence-electron chi connectivity index (χ3n) is 2.77. The highest BCUT2D eigenvalue weighted by Gasteiger charge is 2.21. The number of aromatic nitrogens is 2. The Morgan fingerprint density at radius 3 is 2.65 bits per heavy atom. The summed E-state index contributed by atoms with van der Waals surface area (Å²) in [5.41, 5.74) is 1.95. The normalized spacial score (nSPS) is 11.5. The monoisotopic (exact) mass is 294 g/mol. The van der Waals surface area contributed by atoms with E-state index in [0.29, 0.717) is 0 Å². The fourth-order valence-electron chi connectivity index (χ4n) is 1.89. The predicted molar refractivity (Wildman–Crippen MR) is 72.6 cm³/mol. The number of benzene rings is 1. The van der Waals surface area contributed by atoms with Crippen molar-refractivity contribution >= 4 is 15.8 Å². The lowest BCUT2D eigenvalue weighted by atomic mass is 10.1. The molecule has 7 heteroatoms. The molecule has 0 atom stereocenters. The van der Waals surface area contributed by atoms with E-state index >= 15 is 0 Å². The lowest BCUT2D eigenvalue weighted by Gasteiger charge is -2.01. The van der Waals surface area contributed by atoms with Gasteiger partial charge in [0.2, 0.25) is 15.0 Å². The van der Waals surface area contributed by atoms with E-state index in [-0.39, 0.29) is 23.0 Å². The molecule has 1 aromatic heterocycles. The summed E-state index contributed by atoms with van der Waals surface area (Å²) in [6.45, 7) is 1.93. The SMILES string of the molecule is Cc1cccc(Cc2[nH]c(S(C)(=O)=O)nc2C(=O)O)c1. The topological polar surface area (TPSA) is 100 Å². The van der Waals surface area contributed by atoms with Crippen LogP contribution >= 0.6 is 0 Å². The van der Waals surface area contributed by atoms with Gasteiger partial charge in [0.25, 0.3) is 0 Å². The van der Waals surface area contributed by atoms with Gasteiger partial charge in [-0.1, -0.05) is 29.8 Å². The number of rotatable bonds is 4. The summed E-state index contributed by atoms with van der Waals surface area (Å²) in [4.78, 5) is 17.4. The van der Waals surface area contributed by atoms with Gasteiger partial charge in [-0.3, -0.25) is 0 Å². The smallest absolute Gasteiger partial charge is 0.356 e. The first-order valence-corrected chi connectivity index (χ1v) is 7.74. The molecule has 106 valence electrons. The molecule has 0 unspecified atom stereocenters. The van der Waals surface area contributed by atoms with Crippen molar-refractivity contribution in [3.05, 3.63) is 46.8 Å². The average Bonchev–Trinajstić information content (AvgIpc) is 2.72. The molecule has 1 heterocycles. The van der Waals surface area contributed by atoms with Crippen molar-refractivity contribution in [2.24, 2.45) is 0 Å². The lowest BCUT2D eigenvalue weighted by Crippen LogP contribution is -2.03. The van der Waals surface area contributed by atoms with Crippen LogP contribution in [-0.2, 0) is 16.3 Å². The van der Waals surface area contributed by atoms with Crippen LogP contribution in [0.5, 0.6) is 0 Å². The molecule has 0 aliphatic carbocycles. The van der Waals surface area contributed by atoms with Crippen molar-refractivity contribution in [1.29, 1.82) is 0 Å². The number of aromatic amines is 1. The highest BCUT2D eigenvalue weighted by Crippen LogP contribution is 2.16. The van der Waals surface area contributed by atoms with Gasteiger partial charge in [-0.05, 0) is 12.5 Å². The largest absolute Gasteiger partial charge is 0.476 e. The number of H-pyrrole nitrogens is 1. The van der Waals surface area contributed by atoms with E-state index < -0.39 is 15.8 Å². The zero-order valence-corrected chi connectivity index (χ0v) is 11.9. The molecule has 0 aliphatic rings. The molecule has 2 rings (SSSR count). The van der Waals surface area contributed by atoms with Gasteiger partial charge in [0, 0.05) is 12.7 Å². The molecule has 20 heavy (non-hydrogen) atoms. The number of nitrogens with one attached hydrogen (secondary N) is 1. The summed E-state index contributed by atoms with van der Waals surface area (Å²) in [6.07, 6.45) is 1.26. The number of imidazole rings is 1. The molecule has 0 saturated heterocycles. The Labute approximate surface area is 116 Å². The molecule has 2 N–H and O–H groups in total. The number of aromatic carboxylic acids is 1. The Morgan fingerprint density at radius 1 is 1.40 bits per heavy atom. The van der Waals surface area contributed by atoms with E-state index in [0.717, 1.165) is 17.4 Å². The molecule has 0 amide bonds. The summed E-state index contributed by atoms with van der Waals surface area (Å²) in [6, 6.07) is 7.54. The van der Waals surface area contributed by atoms with Crippen LogP contribution < -0.4 is 0 Å². The molecular weight excluding hydrogens is 280 g/mol. The zero-order chi connectivity index (χ0) is 14.9. The van der Waals surface area contributed by atoms with Crippen LogP contribution in [0.1, 0.15) is 27.3 Å². The van der Waals surface area contributed by atoms with Crippen LogP contribution in [-0.4, -0.2) is 35.7 Å². The van der Waals surface area contributed by atoms with Crippen LogP contribution in [0.4, 0.5) is 0 Å². The maximum atomic E-state index is 11.4. The first-order chi connectivity index (χ1) is 9.27. The number of sulfone groups is 1. The summed E-state index contributed by atoms with van der Waals surface area (Å²) in [5, 5.41) is 8.78. The standard InChI is InChI=1S/C13H14N2O4S/c1-8-4-3-5-9(6-8)7-10-11(12(16)17)15-13(14-10)20(2,18)19/h3-6H,7H2,1-2H3,(H,14,15)(H,16,17). The second kappa shape index (κ2) is 5.09. The molecule has 2 aromatic rings. The summed E-state index contributed by atoms with van der Waals surface area (Å²) in [7, 11) is -3.57. The number of nitrogens with zero attached hydrogens (tertiary/aromatic N) is 1. The van der Waals surface area contributed by atoms with Crippen molar-refractivity contribution in [3.63, 3.8) is 0 Å². The van der Waals surface area contributed by atoms with Crippen LogP contribution in [0.15, 0.2) is 29.4 Å². The van der Waals surface area contributed by atoms with Gasteiger partial charge in [0.05, 0.1) is 5.69 Å². The van der Waals surface area contributed by atoms with E-state index in [4.69, 9.17) is 5.11 Å². The minimum absolute atomic E-state index is 0.257. The minimum atomic E-state index is -3.57. The predicted octanol–water partition coefficient (Wildman–Crippen LogP) is 1.41. The Hall–Kier alpha value is -2.15. The van der Waals surface area contributed by atoms with Crippen molar-refractivity contribution in [1.82, 2.24) is 9.97 Å². The van der Waals surface area contributed by atoms with Crippen LogP contribution in [0, 0.1) is 6.92 Å². The van der Waals surface area contributed by atoms with Gasteiger partial charge in [-0.2, -0.15) is 0 Å². The first-order valence-electron chi connectivity index (χ1n) is 5.85. The summed E-state index contributed by atoms with van der Waals surface area (Å²) < 4.78 is 22.9. The zero-order valence-electron chi connectivity index (χ0n) is 11.0. The number of carboxylic acid groups (broad SMARTS) is 1. The molecule has 0 saturated carbocycles. The van der Waals surface area contributed by atoms with Gasteiger partial charge in [-0.15, -0.1) is 0 Å². The quantitative estimate of drug-likeness (QED) is 0.888. The van der Waals surface area contributed by atoms with Crippen molar-refractivity contribution < 1.29 is 18.3 Å². The Morgan fingerprint density at radius 2 is 2.10 bits per heavy atom. The second-order valence-corrected chi connectivity index (χ2v) is 6.54. The highest BCUT2D eigenvalue weighted by atomic mass is 32.2. The molecule has 1 aromatic carbocycles. The summed E-state index contributed by atoms with van der Waals surface area (Å²) >= 11 is 0.